The number of hydrogen-bond acceptors (Lipinski definition) is 4. The molecular weight excluding hydrogens is 210 g/mol. The van der Waals surface area contributed by atoms with Gasteiger partial charge in [0.25, 0.3) is 11.6 Å². The molecule has 0 spiro atoms. The summed E-state index contributed by atoms with van der Waals surface area (Å²) >= 11 is 0. The zero-order valence-electron chi connectivity index (χ0n) is 9.42. The van der Waals surface area contributed by atoms with Crippen molar-refractivity contribution < 1.29 is 19.1 Å². The molecule has 0 radical (unpaired) electrons. The molecule has 0 aromatic carbocycles. The van der Waals surface area contributed by atoms with Crippen molar-refractivity contribution in [1.29, 1.82) is 0 Å². The minimum Gasteiger partial charge on any atom is -0.492 e. The van der Waals surface area contributed by atoms with E-state index in [1.807, 2.05) is 6.92 Å². The van der Waals surface area contributed by atoms with Crippen LogP contribution in [-0.2, 0) is 9.59 Å². The van der Waals surface area contributed by atoms with Crippen molar-refractivity contribution in [3.05, 3.63) is 17.0 Å². The van der Waals surface area contributed by atoms with Crippen molar-refractivity contribution in [3.63, 3.8) is 0 Å². The van der Waals surface area contributed by atoms with E-state index in [0.717, 1.165) is 0 Å². The van der Waals surface area contributed by atoms with Crippen LogP contribution in [0.5, 0.6) is 5.75 Å². The Kier molecular flexibility index (Phi) is 3.60. The van der Waals surface area contributed by atoms with Gasteiger partial charge in [-0.25, -0.2) is 0 Å². The van der Waals surface area contributed by atoms with Gasteiger partial charge in [0.1, 0.15) is 5.75 Å². The molecular formula is C11H13NO4. The predicted octanol–water partition coefficient (Wildman–Crippen LogP) is 0.981. The number of aromatic amines is 1. The van der Waals surface area contributed by atoms with Crippen LogP contribution >= 0.6 is 0 Å². The number of hydrogen-bond donors (Lipinski definition) is 1. The molecule has 0 aliphatic carbocycles. The summed E-state index contributed by atoms with van der Waals surface area (Å²) < 4.78 is 5.33. The van der Waals surface area contributed by atoms with E-state index in [4.69, 9.17) is 4.74 Å². The highest BCUT2D eigenvalue weighted by Gasteiger charge is 2.23. The molecule has 0 aliphatic heterocycles. The summed E-state index contributed by atoms with van der Waals surface area (Å²) in [6, 6.07) is 0. The van der Waals surface area contributed by atoms with E-state index in [-0.39, 0.29) is 12.0 Å². The van der Waals surface area contributed by atoms with Crippen molar-refractivity contribution in [2.45, 2.75) is 20.8 Å². The average Bonchev–Trinajstić information content (AvgIpc) is 2.55. The third-order valence-corrected chi connectivity index (χ3v) is 2.22. The van der Waals surface area contributed by atoms with Crippen LogP contribution in [0.3, 0.4) is 0 Å². The lowest BCUT2D eigenvalue weighted by atomic mass is 10.1. The first-order valence-electron chi connectivity index (χ1n) is 4.88. The van der Waals surface area contributed by atoms with E-state index in [9.17, 15) is 14.4 Å². The van der Waals surface area contributed by atoms with Crippen LogP contribution in [0.25, 0.3) is 0 Å². The molecule has 1 aromatic heterocycles. The van der Waals surface area contributed by atoms with E-state index >= 15 is 0 Å². The summed E-state index contributed by atoms with van der Waals surface area (Å²) in [4.78, 5) is 35.5. The molecule has 16 heavy (non-hydrogen) atoms. The largest absolute Gasteiger partial charge is 0.492 e. The van der Waals surface area contributed by atoms with Gasteiger partial charge in [0.05, 0.1) is 18.0 Å². The molecule has 0 bridgehead atoms. The van der Waals surface area contributed by atoms with Crippen LogP contribution in [0.2, 0.25) is 0 Å². The first kappa shape index (κ1) is 12.2. The number of nitrogens with one attached hydrogen (secondary N) is 1. The molecule has 0 atom stereocenters. The summed E-state index contributed by atoms with van der Waals surface area (Å²) in [6.07, 6.45) is 0.0122. The number of aldehydes is 1. The van der Waals surface area contributed by atoms with Crippen molar-refractivity contribution >= 4 is 17.9 Å². The molecule has 86 valence electrons. The Morgan fingerprint density at radius 1 is 1.38 bits per heavy atom. The molecule has 5 nitrogen and oxygen atoms in total. The Morgan fingerprint density at radius 2 is 2.00 bits per heavy atom. The lowest BCUT2D eigenvalue weighted by Gasteiger charge is -2.02. The number of aryl methyl sites for hydroxylation is 1. The van der Waals surface area contributed by atoms with Crippen LogP contribution in [-0.4, -0.2) is 29.4 Å². The smallest absolute Gasteiger partial charge is 0.267 e. The highest BCUT2D eigenvalue weighted by Crippen LogP contribution is 2.26. The number of carbonyl (C=O) groups excluding carboxylic acids is 3. The van der Waals surface area contributed by atoms with Crippen molar-refractivity contribution in [1.82, 2.24) is 4.98 Å². The fourth-order valence-corrected chi connectivity index (χ4v) is 1.50. The fourth-order valence-electron chi connectivity index (χ4n) is 1.50. The first-order valence-corrected chi connectivity index (χ1v) is 4.88. The molecule has 0 saturated carbocycles. The normalized spacial score (nSPS) is 9.94. The predicted molar refractivity (Wildman–Crippen MR) is 56.8 cm³/mol. The van der Waals surface area contributed by atoms with E-state index in [1.165, 1.54) is 0 Å². The van der Waals surface area contributed by atoms with Gasteiger partial charge in [0.2, 0.25) is 0 Å². The van der Waals surface area contributed by atoms with Crippen LogP contribution in [0.15, 0.2) is 0 Å². The molecule has 0 aliphatic rings. The first-order chi connectivity index (χ1) is 7.52. The average molecular weight is 223 g/mol. The third-order valence-electron chi connectivity index (χ3n) is 2.22. The number of Topliss-reactive ketones (excluding diaryl/α,β-unsaturated/α-hetero) is 2. The number of H-pyrrole nitrogens is 1. The second-order valence-corrected chi connectivity index (χ2v) is 3.32. The van der Waals surface area contributed by atoms with Gasteiger partial charge in [0, 0.05) is 5.56 Å². The SMILES string of the molecule is CCOc1c(C)[nH]c(C(=O)C(=O)C=O)c1C. The van der Waals surface area contributed by atoms with Gasteiger partial charge in [0.15, 0.2) is 6.29 Å². The van der Waals surface area contributed by atoms with E-state index in [0.29, 0.717) is 23.6 Å². The van der Waals surface area contributed by atoms with Gasteiger partial charge in [-0.2, -0.15) is 0 Å². The minimum absolute atomic E-state index is 0.0122. The maximum Gasteiger partial charge on any atom is 0.267 e. The number of ketones is 2. The van der Waals surface area contributed by atoms with Crippen LogP contribution in [0, 0.1) is 13.8 Å². The van der Waals surface area contributed by atoms with Gasteiger partial charge in [-0.05, 0) is 20.8 Å². The Hall–Kier alpha value is -1.91. The van der Waals surface area contributed by atoms with Crippen molar-refractivity contribution in [2.24, 2.45) is 0 Å². The standard InChI is InChI=1S/C11H13NO4/c1-4-16-11-6(2)9(12-7(11)3)10(15)8(14)5-13/h5,12H,4H2,1-3H3. The van der Waals surface area contributed by atoms with E-state index in [2.05, 4.69) is 4.98 Å². The molecule has 1 rings (SSSR count). The highest BCUT2D eigenvalue weighted by atomic mass is 16.5. The Morgan fingerprint density at radius 3 is 2.50 bits per heavy atom. The van der Waals surface area contributed by atoms with Gasteiger partial charge < -0.3 is 9.72 Å². The number of aromatic nitrogens is 1. The van der Waals surface area contributed by atoms with Crippen LogP contribution < -0.4 is 4.74 Å². The molecule has 1 heterocycles. The lowest BCUT2D eigenvalue weighted by Crippen LogP contribution is -2.16. The van der Waals surface area contributed by atoms with Gasteiger partial charge in [-0.3, -0.25) is 14.4 Å². The number of rotatable bonds is 5. The molecule has 1 N–H and O–H groups in total. The van der Waals surface area contributed by atoms with Crippen molar-refractivity contribution in [3.8, 4) is 5.75 Å². The maximum absolute atomic E-state index is 11.5. The molecule has 0 amide bonds. The van der Waals surface area contributed by atoms with Gasteiger partial charge in [-0.1, -0.05) is 0 Å². The summed E-state index contributed by atoms with van der Waals surface area (Å²) in [5.74, 6) is -1.33. The summed E-state index contributed by atoms with van der Waals surface area (Å²) in [7, 11) is 0. The Balaban J connectivity index is 3.16. The number of carbonyl (C=O) groups is 3. The monoisotopic (exact) mass is 223 g/mol. The Labute approximate surface area is 92.8 Å². The Bertz CT molecular complexity index is 445. The topological polar surface area (TPSA) is 76.2 Å². The molecule has 1 aromatic rings. The summed E-state index contributed by atoms with van der Waals surface area (Å²) in [6.45, 7) is 5.69. The van der Waals surface area contributed by atoms with E-state index in [1.54, 1.807) is 13.8 Å². The van der Waals surface area contributed by atoms with Crippen molar-refractivity contribution in [2.75, 3.05) is 6.61 Å². The maximum atomic E-state index is 11.5. The van der Waals surface area contributed by atoms with Crippen LogP contribution in [0.1, 0.15) is 28.7 Å². The molecule has 5 heteroatoms. The third kappa shape index (κ3) is 2.03. The summed E-state index contributed by atoms with van der Waals surface area (Å²) in [5.41, 5.74) is 1.35. The molecule has 0 saturated heterocycles. The van der Waals surface area contributed by atoms with Gasteiger partial charge >= 0.3 is 0 Å². The lowest BCUT2D eigenvalue weighted by molar-refractivity contribution is -0.126. The quantitative estimate of drug-likeness (QED) is 0.349. The zero-order valence-corrected chi connectivity index (χ0v) is 9.42. The second kappa shape index (κ2) is 4.74. The van der Waals surface area contributed by atoms with Crippen LogP contribution in [0.4, 0.5) is 0 Å². The fraction of sp³-hybridized carbons (Fsp3) is 0.364. The molecule has 0 unspecified atom stereocenters. The van der Waals surface area contributed by atoms with Gasteiger partial charge in [-0.15, -0.1) is 0 Å². The number of ether oxygens (including phenoxy) is 1. The minimum atomic E-state index is -1.06. The second-order valence-electron chi connectivity index (χ2n) is 3.32. The molecule has 0 fully saturated rings. The van der Waals surface area contributed by atoms with E-state index < -0.39 is 11.6 Å². The highest BCUT2D eigenvalue weighted by molar-refractivity contribution is 6.61. The summed E-state index contributed by atoms with van der Waals surface area (Å²) in [5, 5.41) is 0. The zero-order chi connectivity index (χ0) is 12.3.